The number of ether oxygens (including phenoxy) is 1. The third kappa shape index (κ3) is 3.05. The Labute approximate surface area is 135 Å². The van der Waals surface area contributed by atoms with Gasteiger partial charge in [-0.15, -0.1) is 0 Å². The number of fused-ring (bicyclic) bond motifs is 2. The topological polar surface area (TPSA) is 32.8 Å². The molecular weight excluding hydrogens is 272 g/mol. The molecule has 0 bridgehead atoms. The number of epoxide rings is 1. The lowest BCUT2D eigenvalue weighted by Gasteiger charge is -2.33. The van der Waals surface area contributed by atoms with E-state index < -0.39 is 5.60 Å². The molecule has 0 aromatic carbocycles. The third-order valence-electron chi connectivity index (χ3n) is 6.49. The average Bonchev–Trinajstić information content (AvgIpc) is 2.89. The molecular formula is C20H32O2. The van der Waals surface area contributed by atoms with E-state index in [9.17, 15) is 5.11 Å². The monoisotopic (exact) mass is 304 g/mol. The summed E-state index contributed by atoms with van der Waals surface area (Å²) in [6.07, 6.45) is 13.1. The van der Waals surface area contributed by atoms with Crippen molar-refractivity contribution in [3.63, 3.8) is 0 Å². The van der Waals surface area contributed by atoms with E-state index in [-0.39, 0.29) is 5.60 Å². The molecule has 0 aromatic heterocycles. The van der Waals surface area contributed by atoms with Crippen LogP contribution in [0.25, 0.3) is 0 Å². The summed E-state index contributed by atoms with van der Waals surface area (Å²) < 4.78 is 5.96. The van der Waals surface area contributed by atoms with Gasteiger partial charge in [-0.25, -0.2) is 0 Å². The van der Waals surface area contributed by atoms with Crippen LogP contribution in [0.2, 0.25) is 0 Å². The molecule has 0 aromatic rings. The Kier molecular flexibility index (Phi) is 3.85. The molecule has 124 valence electrons. The number of allylic oxidation sites excluding steroid dienone is 3. The van der Waals surface area contributed by atoms with Crippen LogP contribution in [0.5, 0.6) is 0 Å². The Morgan fingerprint density at radius 1 is 1.23 bits per heavy atom. The van der Waals surface area contributed by atoms with E-state index in [1.54, 1.807) is 0 Å². The maximum absolute atomic E-state index is 9.79. The van der Waals surface area contributed by atoms with Crippen LogP contribution in [-0.2, 0) is 4.74 Å². The van der Waals surface area contributed by atoms with Crippen molar-refractivity contribution >= 4 is 0 Å². The number of aliphatic hydroxyl groups is 1. The highest BCUT2D eigenvalue weighted by Crippen LogP contribution is 2.61. The molecule has 3 rings (SSSR count). The minimum absolute atomic E-state index is 0.191. The van der Waals surface area contributed by atoms with E-state index in [4.69, 9.17) is 4.74 Å². The van der Waals surface area contributed by atoms with Gasteiger partial charge in [0.15, 0.2) is 0 Å². The van der Waals surface area contributed by atoms with Crippen LogP contribution < -0.4 is 0 Å². The van der Waals surface area contributed by atoms with Gasteiger partial charge < -0.3 is 9.84 Å². The zero-order chi connectivity index (χ0) is 16.2. The molecule has 2 aliphatic carbocycles. The van der Waals surface area contributed by atoms with Crippen LogP contribution in [0.3, 0.4) is 0 Å². The van der Waals surface area contributed by atoms with Crippen molar-refractivity contribution in [2.45, 2.75) is 84.0 Å². The average molecular weight is 304 g/mol. The van der Waals surface area contributed by atoms with Gasteiger partial charge in [-0.1, -0.05) is 30.7 Å². The van der Waals surface area contributed by atoms with Gasteiger partial charge in [0, 0.05) is 0 Å². The Morgan fingerprint density at radius 2 is 1.95 bits per heavy atom. The fraction of sp³-hybridized carbons (Fsp3) is 0.800. The Bertz CT molecular complexity index is 498. The van der Waals surface area contributed by atoms with Gasteiger partial charge in [-0.05, 0) is 77.0 Å². The van der Waals surface area contributed by atoms with Crippen molar-refractivity contribution in [3.05, 3.63) is 23.8 Å². The summed E-state index contributed by atoms with van der Waals surface area (Å²) in [5.74, 6) is 1.50. The predicted molar refractivity (Wildman–Crippen MR) is 90.6 cm³/mol. The van der Waals surface area contributed by atoms with E-state index >= 15 is 0 Å². The van der Waals surface area contributed by atoms with Crippen LogP contribution in [0.15, 0.2) is 23.8 Å². The highest BCUT2D eigenvalue weighted by atomic mass is 16.6. The minimum Gasteiger partial charge on any atom is -0.386 e. The smallest absolute Gasteiger partial charge is 0.0920 e. The van der Waals surface area contributed by atoms with Crippen LogP contribution in [-0.4, -0.2) is 22.4 Å². The molecule has 0 radical (unpaired) electrons. The second-order valence-electron chi connectivity index (χ2n) is 8.99. The quantitative estimate of drug-likeness (QED) is 0.609. The zero-order valence-electron chi connectivity index (χ0n) is 14.9. The largest absolute Gasteiger partial charge is 0.386 e. The molecule has 0 spiro atoms. The second kappa shape index (κ2) is 5.21. The molecule has 1 heterocycles. The van der Waals surface area contributed by atoms with Crippen molar-refractivity contribution in [2.24, 2.45) is 17.3 Å². The normalized spacial score (nSPS) is 45.5. The molecule has 2 saturated carbocycles. The van der Waals surface area contributed by atoms with Gasteiger partial charge in [0.1, 0.15) is 0 Å². The third-order valence-corrected chi connectivity index (χ3v) is 6.49. The molecule has 5 atom stereocenters. The summed E-state index contributed by atoms with van der Waals surface area (Å²) in [4.78, 5) is 0. The molecule has 2 nitrogen and oxygen atoms in total. The summed E-state index contributed by atoms with van der Waals surface area (Å²) in [7, 11) is 0. The summed E-state index contributed by atoms with van der Waals surface area (Å²) in [5.41, 5.74) is 1.40. The van der Waals surface area contributed by atoms with E-state index in [1.807, 2.05) is 26.0 Å². The first kappa shape index (κ1) is 16.3. The summed E-state index contributed by atoms with van der Waals surface area (Å²) in [5, 5.41) is 9.79. The molecule has 1 N–H and O–H groups in total. The highest BCUT2D eigenvalue weighted by Gasteiger charge is 2.60. The van der Waals surface area contributed by atoms with E-state index in [2.05, 4.69) is 26.8 Å². The van der Waals surface area contributed by atoms with E-state index in [1.165, 1.54) is 37.7 Å². The Hall–Kier alpha value is -0.600. The SMILES string of the molecule is CC(=CC=CC(C)(C)O)C1CCC2(C)CC3OC3(C)CCC12. The zero-order valence-corrected chi connectivity index (χ0v) is 14.9. The van der Waals surface area contributed by atoms with Crippen LogP contribution in [0.1, 0.15) is 66.7 Å². The van der Waals surface area contributed by atoms with Gasteiger partial charge in [0.25, 0.3) is 0 Å². The number of rotatable bonds is 3. The minimum atomic E-state index is -0.726. The molecule has 0 amide bonds. The molecule has 2 heteroatoms. The lowest BCUT2D eigenvalue weighted by Crippen LogP contribution is -2.26. The first-order valence-electron chi connectivity index (χ1n) is 8.89. The number of hydrogen-bond acceptors (Lipinski definition) is 2. The van der Waals surface area contributed by atoms with Crippen molar-refractivity contribution in [2.75, 3.05) is 0 Å². The highest BCUT2D eigenvalue weighted by molar-refractivity contribution is 5.20. The summed E-state index contributed by atoms with van der Waals surface area (Å²) in [6, 6.07) is 0. The van der Waals surface area contributed by atoms with Crippen molar-refractivity contribution in [3.8, 4) is 0 Å². The van der Waals surface area contributed by atoms with E-state index in [0.717, 1.165) is 5.92 Å². The first-order chi connectivity index (χ1) is 10.1. The maximum atomic E-state index is 9.79. The standard InChI is InChI=1S/C20H32O2/c1-14(7-6-10-18(2,3)21)15-8-11-19(4)13-17-20(5,22-17)12-9-16(15)19/h6-7,10,15-17,21H,8-9,11-13H2,1-5H3. The van der Waals surface area contributed by atoms with Crippen molar-refractivity contribution in [1.29, 1.82) is 0 Å². The van der Waals surface area contributed by atoms with Gasteiger partial charge in [0.05, 0.1) is 17.3 Å². The summed E-state index contributed by atoms with van der Waals surface area (Å²) in [6.45, 7) is 10.7. The van der Waals surface area contributed by atoms with Gasteiger partial charge >= 0.3 is 0 Å². The first-order valence-corrected chi connectivity index (χ1v) is 8.89. The Balaban J connectivity index is 1.73. The molecule has 1 aliphatic heterocycles. The lowest BCUT2D eigenvalue weighted by molar-refractivity contribution is 0.133. The van der Waals surface area contributed by atoms with Crippen molar-refractivity contribution in [1.82, 2.24) is 0 Å². The van der Waals surface area contributed by atoms with Crippen LogP contribution in [0.4, 0.5) is 0 Å². The lowest BCUT2D eigenvalue weighted by atomic mass is 9.72. The molecule has 3 fully saturated rings. The molecule has 22 heavy (non-hydrogen) atoms. The second-order valence-corrected chi connectivity index (χ2v) is 8.99. The fourth-order valence-electron chi connectivity index (χ4n) is 4.90. The molecule has 3 aliphatic rings. The molecule has 5 unspecified atom stereocenters. The van der Waals surface area contributed by atoms with Crippen molar-refractivity contribution < 1.29 is 9.84 Å². The maximum Gasteiger partial charge on any atom is 0.0920 e. The number of hydrogen-bond donors (Lipinski definition) is 1. The predicted octanol–water partition coefficient (Wildman–Crippen LogP) is 4.63. The molecule has 1 saturated heterocycles. The van der Waals surface area contributed by atoms with Gasteiger partial charge in [-0.3, -0.25) is 0 Å². The van der Waals surface area contributed by atoms with Crippen LogP contribution in [0, 0.1) is 17.3 Å². The Morgan fingerprint density at radius 3 is 2.64 bits per heavy atom. The fourth-order valence-corrected chi connectivity index (χ4v) is 4.90. The van der Waals surface area contributed by atoms with Gasteiger partial charge in [-0.2, -0.15) is 0 Å². The van der Waals surface area contributed by atoms with Gasteiger partial charge in [0.2, 0.25) is 0 Å². The van der Waals surface area contributed by atoms with E-state index in [0.29, 0.717) is 17.4 Å². The van der Waals surface area contributed by atoms with Crippen LogP contribution >= 0.6 is 0 Å². The summed E-state index contributed by atoms with van der Waals surface area (Å²) >= 11 is 0.